The molecule has 0 aliphatic rings. The number of ether oxygens (including phenoxy) is 2. The van der Waals surface area contributed by atoms with Crippen LogP contribution in [0.5, 0.6) is 11.5 Å². The number of hydrogen-bond acceptors (Lipinski definition) is 6. The van der Waals surface area contributed by atoms with Crippen molar-refractivity contribution in [3.05, 3.63) is 96.3 Å². The van der Waals surface area contributed by atoms with Crippen LogP contribution in [-0.4, -0.2) is 38.3 Å². The van der Waals surface area contributed by atoms with Crippen molar-refractivity contribution in [3.8, 4) is 17.2 Å². The lowest BCUT2D eigenvalue weighted by Gasteiger charge is -2.14. The number of thioether (sulfide) groups is 1. The van der Waals surface area contributed by atoms with E-state index < -0.39 is 6.10 Å². The summed E-state index contributed by atoms with van der Waals surface area (Å²) < 4.78 is 13.6. The lowest BCUT2D eigenvalue weighted by molar-refractivity contribution is 0.126. The van der Waals surface area contributed by atoms with E-state index in [1.54, 1.807) is 0 Å². The van der Waals surface area contributed by atoms with Gasteiger partial charge in [-0.3, -0.25) is 4.57 Å². The molecule has 4 rings (SSSR count). The third-order valence-electron chi connectivity index (χ3n) is 4.76. The fourth-order valence-electron chi connectivity index (χ4n) is 3.11. The molecule has 1 aromatic heterocycles. The van der Waals surface area contributed by atoms with E-state index in [9.17, 15) is 5.11 Å². The van der Waals surface area contributed by atoms with Crippen molar-refractivity contribution < 1.29 is 14.6 Å². The molecule has 4 aromatic rings. The van der Waals surface area contributed by atoms with Crippen LogP contribution < -0.4 is 9.47 Å². The number of rotatable bonds is 10. The van der Waals surface area contributed by atoms with Crippen molar-refractivity contribution in [3.63, 3.8) is 0 Å². The number of para-hydroxylation sites is 3. The van der Waals surface area contributed by atoms with E-state index in [4.69, 9.17) is 9.47 Å². The van der Waals surface area contributed by atoms with E-state index in [-0.39, 0.29) is 13.2 Å². The van der Waals surface area contributed by atoms with E-state index in [1.807, 2.05) is 96.4 Å². The molecule has 0 aliphatic carbocycles. The molecule has 1 N–H and O–H groups in total. The number of aliphatic hydroxyl groups excluding tert-OH is 1. The Hall–Kier alpha value is -3.29. The summed E-state index contributed by atoms with van der Waals surface area (Å²) in [4.78, 5) is 0. The SMILES string of the molecule is Cc1ccccc1OCc1nnc(SC[C@H](O)COc2ccccc2)n1-c1ccccc1. The minimum Gasteiger partial charge on any atom is -0.491 e. The van der Waals surface area contributed by atoms with Crippen LogP contribution >= 0.6 is 11.8 Å². The monoisotopic (exact) mass is 447 g/mol. The van der Waals surface area contributed by atoms with Crippen LogP contribution in [0.15, 0.2) is 90.1 Å². The van der Waals surface area contributed by atoms with Crippen LogP contribution in [0, 0.1) is 6.92 Å². The van der Waals surface area contributed by atoms with Gasteiger partial charge in [0.2, 0.25) is 0 Å². The van der Waals surface area contributed by atoms with Crippen molar-refractivity contribution in [1.82, 2.24) is 14.8 Å². The minimum absolute atomic E-state index is 0.208. The fraction of sp³-hybridized carbons (Fsp3) is 0.200. The molecule has 1 heterocycles. The quantitative estimate of drug-likeness (QED) is 0.356. The molecule has 0 saturated carbocycles. The first kappa shape index (κ1) is 21.9. The highest BCUT2D eigenvalue weighted by Crippen LogP contribution is 2.24. The lowest BCUT2D eigenvalue weighted by atomic mass is 10.2. The first-order valence-electron chi connectivity index (χ1n) is 10.4. The predicted octanol–water partition coefficient (Wildman–Crippen LogP) is 4.69. The lowest BCUT2D eigenvalue weighted by Crippen LogP contribution is -2.20. The molecule has 0 fully saturated rings. The smallest absolute Gasteiger partial charge is 0.196 e. The van der Waals surface area contributed by atoms with Crippen molar-refractivity contribution >= 4 is 11.8 Å². The maximum Gasteiger partial charge on any atom is 0.196 e. The molecular weight excluding hydrogens is 422 g/mol. The van der Waals surface area contributed by atoms with Crippen molar-refractivity contribution in [1.29, 1.82) is 0 Å². The van der Waals surface area contributed by atoms with Crippen LogP contribution in [-0.2, 0) is 6.61 Å². The number of aliphatic hydroxyl groups is 1. The summed E-state index contributed by atoms with van der Waals surface area (Å²) in [6, 6.07) is 27.3. The van der Waals surface area contributed by atoms with Crippen LogP contribution in [0.25, 0.3) is 5.69 Å². The van der Waals surface area contributed by atoms with E-state index >= 15 is 0 Å². The van der Waals surface area contributed by atoms with Gasteiger partial charge in [0.05, 0.1) is 6.10 Å². The topological polar surface area (TPSA) is 69.4 Å². The molecule has 164 valence electrons. The summed E-state index contributed by atoms with van der Waals surface area (Å²) in [5, 5.41) is 19.8. The van der Waals surface area contributed by atoms with Crippen LogP contribution in [0.3, 0.4) is 0 Å². The predicted molar refractivity (Wildman–Crippen MR) is 126 cm³/mol. The molecular formula is C25H25N3O3S. The second-order valence-corrected chi connectivity index (χ2v) is 8.20. The summed E-state index contributed by atoms with van der Waals surface area (Å²) in [6.45, 7) is 2.50. The van der Waals surface area contributed by atoms with Gasteiger partial charge < -0.3 is 14.6 Å². The Kier molecular flexibility index (Phi) is 7.42. The van der Waals surface area contributed by atoms with Crippen molar-refractivity contribution in [2.45, 2.75) is 24.8 Å². The largest absolute Gasteiger partial charge is 0.491 e. The Morgan fingerprint density at radius 2 is 1.56 bits per heavy atom. The van der Waals surface area contributed by atoms with Crippen molar-refractivity contribution in [2.24, 2.45) is 0 Å². The second kappa shape index (κ2) is 10.8. The van der Waals surface area contributed by atoms with Gasteiger partial charge in [0.15, 0.2) is 11.0 Å². The maximum absolute atomic E-state index is 10.4. The average molecular weight is 448 g/mol. The molecule has 7 heteroatoms. The first-order chi connectivity index (χ1) is 15.7. The molecule has 0 spiro atoms. The minimum atomic E-state index is -0.646. The van der Waals surface area contributed by atoms with Gasteiger partial charge in [0.25, 0.3) is 0 Å². The highest BCUT2D eigenvalue weighted by Gasteiger charge is 2.17. The van der Waals surface area contributed by atoms with Gasteiger partial charge in [-0.1, -0.05) is 66.4 Å². The van der Waals surface area contributed by atoms with Gasteiger partial charge in [-0.05, 0) is 42.8 Å². The Bertz CT molecular complexity index is 1120. The molecule has 0 aliphatic heterocycles. The molecule has 0 saturated heterocycles. The molecule has 0 radical (unpaired) electrons. The third-order valence-corrected chi connectivity index (χ3v) is 5.83. The van der Waals surface area contributed by atoms with Crippen LogP contribution in [0.1, 0.15) is 11.4 Å². The van der Waals surface area contributed by atoms with Gasteiger partial charge in [-0.15, -0.1) is 10.2 Å². The molecule has 0 unspecified atom stereocenters. The van der Waals surface area contributed by atoms with E-state index in [0.717, 1.165) is 22.7 Å². The molecule has 1 atom stereocenters. The van der Waals surface area contributed by atoms with Gasteiger partial charge in [-0.2, -0.15) is 0 Å². The van der Waals surface area contributed by atoms with Crippen molar-refractivity contribution in [2.75, 3.05) is 12.4 Å². The Morgan fingerprint density at radius 3 is 2.31 bits per heavy atom. The number of nitrogens with zero attached hydrogens (tertiary/aromatic N) is 3. The summed E-state index contributed by atoms with van der Waals surface area (Å²) in [5.74, 6) is 2.67. The number of aromatic nitrogens is 3. The van der Waals surface area contributed by atoms with E-state index in [2.05, 4.69) is 10.2 Å². The molecule has 32 heavy (non-hydrogen) atoms. The maximum atomic E-state index is 10.4. The first-order valence-corrected chi connectivity index (χ1v) is 11.4. The van der Waals surface area contributed by atoms with E-state index in [1.165, 1.54) is 11.8 Å². The normalized spacial score (nSPS) is 11.8. The summed E-state index contributed by atoms with van der Waals surface area (Å²) >= 11 is 1.43. The summed E-state index contributed by atoms with van der Waals surface area (Å²) in [6.07, 6.45) is -0.646. The second-order valence-electron chi connectivity index (χ2n) is 7.21. The standard InChI is InChI=1S/C25H25N3O3S/c1-19-10-8-9-15-23(19)31-17-24-26-27-25(28(24)20-11-4-2-5-12-20)32-18-21(29)16-30-22-13-6-3-7-14-22/h2-15,21,29H,16-18H2,1H3/t21-/m1/s1. The zero-order chi connectivity index (χ0) is 22.2. The van der Waals surface area contributed by atoms with Crippen LogP contribution in [0.2, 0.25) is 0 Å². The Morgan fingerprint density at radius 1 is 0.875 bits per heavy atom. The highest BCUT2D eigenvalue weighted by atomic mass is 32.2. The van der Waals surface area contributed by atoms with Gasteiger partial charge >= 0.3 is 0 Å². The summed E-state index contributed by atoms with van der Waals surface area (Å²) in [7, 11) is 0. The number of hydrogen-bond donors (Lipinski definition) is 1. The van der Waals surface area contributed by atoms with Gasteiger partial charge in [-0.25, -0.2) is 0 Å². The highest BCUT2D eigenvalue weighted by molar-refractivity contribution is 7.99. The zero-order valence-electron chi connectivity index (χ0n) is 17.8. The zero-order valence-corrected chi connectivity index (χ0v) is 18.6. The van der Waals surface area contributed by atoms with E-state index in [0.29, 0.717) is 16.7 Å². The Labute approximate surface area is 191 Å². The Balaban J connectivity index is 1.45. The third kappa shape index (κ3) is 5.69. The molecule has 3 aromatic carbocycles. The number of benzene rings is 3. The fourth-order valence-corrected chi connectivity index (χ4v) is 3.99. The van der Waals surface area contributed by atoms with Crippen LogP contribution in [0.4, 0.5) is 0 Å². The number of aryl methyl sites for hydroxylation is 1. The van der Waals surface area contributed by atoms with Gasteiger partial charge in [0.1, 0.15) is 24.7 Å². The van der Waals surface area contributed by atoms with Gasteiger partial charge in [0, 0.05) is 11.4 Å². The molecule has 0 amide bonds. The summed E-state index contributed by atoms with van der Waals surface area (Å²) in [5.41, 5.74) is 2.01. The average Bonchev–Trinajstić information content (AvgIpc) is 3.25. The molecule has 0 bridgehead atoms. The molecule has 6 nitrogen and oxygen atoms in total.